The number of amides is 1. The molecule has 1 unspecified atom stereocenters. The van der Waals surface area contributed by atoms with Crippen molar-refractivity contribution in [2.24, 2.45) is 0 Å². The van der Waals surface area contributed by atoms with Crippen LogP contribution in [-0.2, 0) is 16.1 Å². The molecular formula is C20H23NO4. The fourth-order valence-electron chi connectivity index (χ4n) is 2.64. The van der Waals surface area contributed by atoms with Gasteiger partial charge in [0.1, 0.15) is 18.5 Å². The molecule has 132 valence electrons. The lowest BCUT2D eigenvalue weighted by molar-refractivity contribution is 0.0463. The minimum absolute atomic E-state index is 0.215. The SMILES string of the molecule is CCCOCC1CN(c2ccc(OCc3ccccc3)cc2)C(=O)O1. The third kappa shape index (κ3) is 4.73. The molecule has 2 aromatic rings. The maximum atomic E-state index is 12.0. The van der Waals surface area contributed by atoms with Crippen LogP contribution < -0.4 is 9.64 Å². The molecule has 0 bridgehead atoms. The predicted molar refractivity (Wildman–Crippen MR) is 95.9 cm³/mol. The highest BCUT2D eigenvalue weighted by molar-refractivity contribution is 5.89. The second-order valence-electron chi connectivity index (χ2n) is 5.96. The molecule has 1 aliphatic rings. The molecule has 0 saturated carbocycles. The van der Waals surface area contributed by atoms with E-state index in [1.807, 2.05) is 61.5 Å². The molecule has 0 aromatic heterocycles. The standard InChI is InChI=1S/C20H23NO4/c1-2-12-23-15-19-13-21(20(22)25-19)17-8-10-18(11-9-17)24-14-16-6-4-3-5-7-16/h3-11,19H,2,12-15H2,1H3. The van der Waals surface area contributed by atoms with Crippen LogP contribution in [0.4, 0.5) is 10.5 Å². The number of nitrogens with zero attached hydrogens (tertiary/aromatic N) is 1. The van der Waals surface area contributed by atoms with Gasteiger partial charge >= 0.3 is 6.09 Å². The molecular weight excluding hydrogens is 318 g/mol. The third-order valence-electron chi connectivity index (χ3n) is 3.92. The van der Waals surface area contributed by atoms with Gasteiger partial charge in [-0.15, -0.1) is 0 Å². The van der Waals surface area contributed by atoms with Crippen LogP contribution in [0.2, 0.25) is 0 Å². The summed E-state index contributed by atoms with van der Waals surface area (Å²) in [6.07, 6.45) is 0.408. The maximum absolute atomic E-state index is 12.0. The molecule has 1 aliphatic heterocycles. The van der Waals surface area contributed by atoms with Crippen molar-refractivity contribution in [3.63, 3.8) is 0 Å². The molecule has 1 atom stereocenters. The predicted octanol–water partition coefficient (Wildman–Crippen LogP) is 4.02. The first-order valence-electron chi connectivity index (χ1n) is 8.59. The van der Waals surface area contributed by atoms with E-state index < -0.39 is 0 Å². The minimum atomic E-state index is -0.331. The molecule has 1 heterocycles. The first kappa shape index (κ1) is 17.3. The smallest absolute Gasteiger partial charge is 0.414 e. The van der Waals surface area contributed by atoms with Gasteiger partial charge in [-0.25, -0.2) is 4.79 Å². The van der Waals surface area contributed by atoms with Gasteiger partial charge in [0.15, 0.2) is 0 Å². The summed E-state index contributed by atoms with van der Waals surface area (Å²) in [7, 11) is 0. The van der Waals surface area contributed by atoms with Crippen LogP contribution in [0, 0.1) is 0 Å². The molecule has 0 radical (unpaired) electrons. The highest BCUT2D eigenvalue weighted by atomic mass is 16.6. The van der Waals surface area contributed by atoms with Crippen LogP contribution in [0.25, 0.3) is 0 Å². The van der Waals surface area contributed by atoms with E-state index in [4.69, 9.17) is 14.2 Å². The van der Waals surface area contributed by atoms with E-state index in [2.05, 4.69) is 0 Å². The Morgan fingerprint density at radius 3 is 2.60 bits per heavy atom. The summed E-state index contributed by atoms with van der Waals surface area (Å²) in [5.74, 6) is 0.767. The molecule has 1 fully saturated rings. The summed E-state index contributed by atoms with van der Waals surface area (Å²) >= 11 is 0. The lowest BCUT2D eigenvalue weighted by atomic mass is 10.2. The zero-order chi connectivity index (χ0) is 17.5. The van der Waals surface area contributed by atoms with Gasteiger partial charge in [-0.2, -0.15) is 0 Å². The Bertz CT molecular complexity index is 672. The monoisotopic (exact) mass is 341 g/mol. The molecule has 0 spiro atoms. The van der Waals surface area contributed by atoms with Crippen molar-refractivity contribution in [1.82, 2.24) is 0 Å². The fourth-order valence-corrected chi connectivity index (χ4v) is 2.64. The van der Waals surface area contributed by atoms with Crippen LogP contribution >= 0.6 is 0 Å². The van der Waals surface area contributed by atoms with E-state index >= 15 is 0 Å². The number of benzene rings is 2. The van der Waals surface area contributed by atoms with Crippen molar-refractivity contribution in [3.05, 3.63) is 60.2 Å². The summed E-state index contributed by atoms with van der Waals surface area (Å²) in [6, 6.07) is 17.5. The Balaban J connectivity index is 1.54. The van der Waals surface area contributed by atoms with Gasteiger partial charge in [0.05, 0.1) is 13.2 Å². The Hall–Kier alpha value is -2.53. The molecule has 0 aliphatic carbocycles. The van der Waals surface area contributed by atoms with E-state index in [0.717, 1.165) is 23.4 Å². The number of carbonyl (C=O) groups is 1. The summed E-state index contributed by atoms with van der Waals surface area (Å²) < 4.78 is 16.6. The number of anilines is 1. The number of hydrogen-bond acceptors (Lipinski definition) is 4. The third-order valence-corrected chi connectivity index (χ3v) is 3.92. The van der Waals surface area contributed by atoms with Crippen LogP contribution in [-0.4, -0.2) is 32.0 Å². The lowest BCUT2D eigenvalue weighted by Gasteiger charge is -2.14. The second kappa shape index (κ2) is 8.53. The Labute approximate surface area is 148 Å². The number of hydrogen-bond donors (Lipinski definition) is 0. The zero-order valence-corrected chi connectivity index (χ0v) is 14.4. The van der Waals surface area contributed by atoms with Crippen molar-refractivity contribution < 1.29 is 19.0 Å². The average molecular weight is 341 g/mol. The van der Waals surface area contributed by atoms with Crippen molar-refractivity contribution in [2.75, 3.05) is 24.7 Å². The number of cyclic esters (lactones) is 1. The van der Waals surface area contributed by atoms with Gasteiger partial charge in [-0.3, -0.25) is 4.90 Å². The van der Waals surface area contributed by atoms with E-state index in [0.29, 0.717) is 26.4 Å². The van der Waals surface area contributed by atoms with Gasteiger partial charge in [0.25, 0.3) is 0 Å². The molecule has 5 nitrogen and oxygen atoms in total. The van der Waals surface area contributed by atoms with Crippen molar-refractivity contribution in [3.8, 4) is 5.75 Å². The largest absolute Gasteiger partial charge is 0.489 e. The van der Waals surface area contributed by atoms with E-state index in [1.165, 1.54) is 0 Å². The second-order valence-corrected chi connectivity index (χ2v) is 5.96. The fraction of sp³-hybridized carbons (Fsp3) is 0.350. The summed E-state index contributed by atoms with van der Waals surface area (Å²) in [6.45, 7) is 4.19. The van der Waals surface area contributed by atoms with Crippen LogP contribution in [0.5, 0.6) is 5.75 Å². The summed E-state index contributed by atoms with van der Waals surface area (Å²) in [5.41, 5.74) is 1.92. The molecule has 1 amide bonds. The summed E-state index contributed by atoms with van der Waals surface area (Å²) in [4.78, 5) is 13.7. The molecule has 5 heteroatoms. The van der Waals surface area contributed by atoms with Crippen molar-refractivity contribution in [1.29, 1.82) is 0 Å². The van der Waals surface area contributed by atoms with E-state index in [-0.39, 0.29) is 12.2 Å². The number of carbonyl (C=O) groups excluding carboxylic acids is 1. The molecule has 2 aromatic carbocycles. The molecule has 3 rings (SSSR count). The topological polar surface area (TPSA) is 48.0 Å². The molecule has 0 N–H and O–H groups in total. The highest BCUT2D eigenvalue weighted by Crippen LogP contribution is 2.24. The molecule has 1 saturated heterocycles. The van der Waals surface area contributed by atoms with Gasteiger partial charge in [0, 0.05) is 12.3 Å². The van der Waals surface area contributed by atoms with Gasteiger partial charge < -0.3 is 14.2 Å². The highest BCUT2D eigenvalue weighted by Gasteiger charge is 2.32. The summed E-state index contributed by atoms with van der Waals surface area (Å²) in [5, 5.41) is 0. The normalized spacial score (nSPS) is 16.8. The minimum Gasteiger partial charge on any atom is -0.489 e. The van der Waals surface area contributed by atoms with E-state index in [1.54, 1.807) is 4.90 Å². The first-order valence-corrected chi connectivity index (χ1v) is 8.59. The Morgan fingerprint density at radius 2 is 1.88 bits per heavy atom. The van der Waals surface area contributed by atoms with Crippen LogP contribution in [0.15, 0.2) is 54.6 Å². The van der Waals surface area contributed by atoms with E-state index in [9.17, 15) is 4.79 Å². The number of ether oxygens (including phenoxy) is 3. The Kier molecular flexibility index (Phi) is 5.90. The van der Waals surface area contributed by atoms with Crippen LogP contribution in [0.3, 0.4) is 0 Å². The quantitative estimate of drug-likeness (QED) is 0.681. The maximum Gasteiger partial charge on any atom is 0.414 e. The number of rotatable bonds is 8. The first-order chi connectivity index (χ1) is 12.3. The van der Waals surface area contributed by atoms with Gasteiger partial charge in [0.2, 0.25) is 0 Å². The van der Waals surface area contributed by atoms with Crippen molar-refractivity contribution >= 4 is 11.8 Å². The van der Waals surface area contributed by atoms with Gasteiger partial charge in [-0.1, -0.05) is 37.3 Å². The Morgan fingerprint density at radius 1 is 1.12 bits per heavy atom. The average Bonchev–Trinajstić information content (AvgIpc) is 3.02. The molecule has 25 heavy (non-hydrogen) atoms. The lowest BCUT2D eigenvalue weighted by Crippen LogP contribution is -2.25. The van der Waals surface area contributed by atoms with Crippen molar-refractivity contribution in [2.45, 2.75) is 26.1 Å². The zero-order valence-electron chi connectivity index (χ0n) is 14.4. The van der Waals surface area contributed by atoms with Crippen LogP contribution in [0.1, 0.15) is 18.9 Å². The van der Waals surface area contributed by atoms with Gasteiger partial charge in [-0.05, 0) is 36.2 Å².